The van der Waals surface area contributed by atoms with Crippen molar-refractivity contribution in [2.75, 3.05) is 13.1 Å². The molecule has 0 aromatic heterocycles. The van der Waals surface area contributed by atoms with Crippen LogP contribution in [0.3, 0.4) is 0 Å². The molecule has 0 radical (unpaired) electrons. The fourth-order valence-corrected chi connectivity index (χ4v) is 3.76. The number of rotatable bonds is 5. The van der Waals surface area contributed by atoms with Crippen LogP contribution in [-0.4, -0.2) is 35.2 Å². The third-order valence-corrected chi connectivity index (χ3v) is 5.39. The molecule has 6 heteroatoms. The Balaban J connectivity index is 1.28. The molecule has 1 amide bonds. The summed E-state index contributed by atoms with van der Waals surface area (Å²) in [4.78, 5) is 20.5. The Morgan fingerprint density at radius 1 is 1.18 bits per heavy atom. The van der Waals surface area contributed by atoms with Gasteiger partial charge in [0.1, 0.15) is 11.5 Å². The second-order valence-corrected chi connectivity index (χ2v) is 7.74. The van der Waals surface area contributed by atoms with Crippen molar-refractivity contribution in [2.45, 2.75) is 38.5 Å². The first-order valence-corrected chi connectivity index (χ1v) is 9.57. The summed E-state index contributed by atoms with van der Waals surface area (Å²) in [6, 6.07) is 14.6. The number of carbonyl (C=O) groups is 1. The third-order valence-electron chi connectivity index (χ3n) is 5.39. The molecule has 2 heterocycles. The molecule has 0 bridgehead atoms. The molecule has 5 nitrogen and oxygen atoms in total. The van der Waals surface area contributed by atoms with E-state index in [0.717, 1.165) is 31.6 Å². The normalized spacial score (nSPS) is 21.6. The summed E-state index contributed by atoms with van der Waals surface area (Å²) in [7, 11) is 0. The topological polar surface area (TPSA) is 53.9 Å². The first-order chi connectivity index (χ1) is 13.5. The second-order valence-electron chi connectivity index (χ2n) is 7.74. The van der Waals surface area contributed by atoms with E-state index in [2.05, 4.69) is 46.6 Å². The predicted octanol–water partition coefficient (Wildman–Crippen LogP) is 3.17. The molecule has 2 aliphatic rings. The molecule has 1 spiro atoms. The smallest absolute Gasteiger partial charge is 0.269 e. The van der Waals surface area contributed by atoms with E-state index in [1.165, 1.54) is 23.3 Å². The van der Waals surface area contributed by atoms with Crippen LogP contribution in [0.2, 0.25) is 0 Å². The molecular formula is C22H24FN3O2. The van der Waals surface area contributed by atoms with Gasteiger partial charge in [0, 0.05) is 39.0 Å². The Labute approximate surface area is 164 Å². The summed E-state index contributed by atoms with van der Waals surface area (Å²) in [5.74, 6) is -0.514. The van der Waals surface area contributed by atoms with Gasteiger partial charge in [0.25, 0.3) is 5.91 Å². The molecule has 0 unspecified atom stereocenters. The minimum absolute atomic E-state index is 0.224. The Kier molecular flexibility index (Phi) is 5.13. The van der Waals surface area contributed by atoms with E-state index in [1.807, 2.05) is 0 Å². The van der Waals surface area contributed by atoms with Crippen LogP contribution in [-0.2, 0) is 22.7 Å². The highest BCUT2D eigenvalue weighted by Gasteiger charge is 2.46. The van der Waals surface area contributed by atoms with Crippen molar-refractivity contribution in [1.82, 2.24) is 10.2 Å². The lowest BCUT2D eigenvalue weighted by Gasteiger charge is -2.21. The Hall–Kier alpha value is -2.73. The van der Waals surface area contributed by atoms with E-state index in [4.69, 9.17) is 4.84 Å². The van der Waals surface area contributed by atoms with Crippen LogP contribution in [0.25, 0.3) is 0 Å². The van der Waals surface area contributed by atoms with Crippen molar-refractivity contribution >= 4 is 11.6 Å². The molecule has 2 aromatic carbocycles. The van der Waals surface area contributed by atoms with Gasteiger partial charge < -0.3 is 10.2 Å². The molecular weight excluding hydrogens is 357 g/mol. The summed E-state index contributed by atoms with van der Waals surface area (Å²) in [6.45, 7) is 4.98. The molecule has 1 fully saturated rings. The number of hydrogen-bond donors (Lipinski definition) is 1. The van der Waals surface area contributed by atoms with E-state index in [1.54, 1.807) is 12.1 Å². The average Bonchev–Trinajstić information content (AvgIpc) is 3.30. The zero-order valence-corrected chi connectivity index (χ0v) is 16.0. The van der Waals surface area contributed by atoms with E-state index in [9.17, 15) is 9.18 Å². The van der Waals surface area contributed by atoms with Crippen molar-refractivity contribution in [3.05, 3.63) is 71.0 Å². The van der Waals surface area contributed by atoms with Crippen LogP contribution in [0.1, 0.15) is 29.5 Å². The molecule has 0 aliphatic carbocycles. The van der Waals surface area contributed by atoms with Gasteiger partial charge in [0.2, 0.25) is 0 Å². The van der Waals surface area contributed by atoms with Crippen molar-refractivity contribution in [3.8, 4) is 0 Å². The molecule has 4 rings (SSSR count). The van der Waals surface area contributed by atoms with Gasteiger partial charge in [-0.2, -0.15) is 0 Å². The monoisotopic (exact) mass is 381 g/mol. The number of halogens is 1. The molecule has 0 saturated carbocycles. The third kappa shape index (κ3) is 4.22. The highest BCUT2D eigenvalue weighted by molar-refractivity contribution is 6.39. The minimum atomic E-state index is -0.396. The summed E-state index contributed by atoms with van der Waals surface area (Å²) >= 11 is 0. The maximum Gasteiger partial charge on any atom is 0.269 e. The molecule has 1 atom stereocenters. The largest absolute Gasteiger partial charge is 0.387 e. The first kappa shape index (κ1) is 18.6. The number of nitrogens with one attached hydrogen (secondary N) is 1. The number of likely N-dealkylation sites (tertiary alicyclic amines) is 1. The lowest BCUT2D eigenvalue weighted by Crippen LogP contribution is -2.36. The van der Waals surface area contributed by atoms with E-state index in [0.29, 0.717) is 18.7 Å². The summed E-state index contributed by atoms with van der Waals surface area (Å²) in [5.41, 5.74) is 3.41. The van der Waals surface area contributed by atoms with E-state index < -0.39 is 5.60 Å². The lowest BCUT2D eigenvalue weighted by atomic mass is 9.96. The van der Waals surface area contributed by atoms with Gasteiger partial charge in [-0.05, 0) is 30.2 Å². The Morgan fingerprint density at radius 2 is 1.89 bits per heavy atom. The molecule has 2 aromatic rings. The van der Waals surface area contributed by atoms with Gasteiger partial charge >= 0.3 is 0 Å². The van der Waals surface area contributed by atoms with Crippen molar-refractivity contribution in [3.63, 3.8) is 0 Å². The molecule has 28 heavy (non-hydrogen) atoms. The van der Waals surface area contributed by atoms with Crippen LogP contribution >= 0.6 is 0 Å². The first-order valence-electron chi connectivity index (χ1n) is 9.57. The van der Waals surface area contributed by atoms with Crippen molar-refractivity contribution < 1.29 is 14.0 Å². The number of nitrogens with zero attached hydrogens (tertiary/aromatic N) is 2. The zero-order valence-electron chi connectivity index (χ0n) is 16.0. The lowest BCUT2D eigenvalue weighted by molar-refractivity contribution is -0.115. The van der Waals surface area contributed by atoms with Gasteiger partial charge in [-0.25, -0.2) is 4.39 Å². The molecule has 146 valence electrons. The summed E-state index contributed by atoms with van der Waals surface area (Å²) < 4.78 is 13.0. The standard InChI is InChI=1S/C22H24FN3O2/c1-16-2-4-18(5-3-16)14-26-11-10-22(15-26)12-20(25-28-22)21(27)24-13-17-6-8-19(23)9-7-17/h2-9H,10-15H2,1H3,(H,24,27)/t22-/m0/s1. The van der Waals surface area contributed by atoms with Crippen molar-refractivity contribution in [2.24, 2.45) is 5.16 Å². The number of carbonyl (C=O) groups excluding carboxylic acids is 1. The maximum atomic E-state index is 13.0. The number of aryl methyl sites for hydroxylation is 1. The zero-order chi connectivity index (χ0) is 19.6. The molecule has 1 N–H and O–H groups in total. The predicted molar refractivity (Wildman–Crippen MR) is 105 cm³/mol. The quantitative estimate of drug-likeness (QED) is 0.866. The molecule has 1 saturated heterocycles. The van der Waals surface area contributed by atoms with Crippen LogP contribution in [0.5, 0.6) is 0 Å². The number of benzene rings is 2. The Morgan fingerprint density at radius 3 is 2.64 bits per heavy atom. The average molecular weight is 381 g/mol. The van der Waals surface area contributed by atoms with Crippen LogP contribution in [0.4, 0.5) is 4.39 Å². The number of hydrogen-bond acceptors (Lipinski definition) is 4. The molecule has 2 aliphatic heterocycles. The fourth-order valence-electron chi connectivity index (χ4n) is 3.76. The Bertz CT molecular complexity index is 880. The van der Waals surface area contributed by atoms with Gasteiger partial charge in [-0.3, -0.25) is 9.69 Å². The number of oxime groups is 1. The fraction of sp³-hybridized carbons (Fsp3) is 0.364. The van der Waals surface area contributed by atoms with Gasteiger partial charge in [-0.1, -0.05) is 47.1 Å². The summed E-state index contributed by atoms with van der Waals surface area (Å²) in [5, 5.41) is 6.91. The summed E-state index contributed by atoms with van der Waals surface area (Å²) in [6.07, 6.45) is 1.38. The van der Waals surface area contributed by atoms with Crippen LogP contribution in [0, 0.1) is 12.7 Å². The van der Waals surface area contributed by atoms with E-state index in [-0.39, 0.29) is 11.7 Å². The SMILES string of the molecule is Cc1ccc(CN2CC[C@]3(CC(C(=O)NCc4ccc(F)cc4)=NO3)C2)cc1. The number of amides is 1. The van der Waals surface area contributed by atoms with Crippen LogP contribution in [0.15, 0.2) is 53.7 Å². The highest BCUT2D eigenvalue weighted by Crippen LogP contribution is 2.34. The van der Waals surface area contributed by atoms with Crippen LogP contribution < -0.4 is 5.32 Å². The highest BCUT2D eigenvalue weighted by atomic mass is 19.1. The minimum Gasteiger partial charge on any atom is -0.387 e. The maximum absolute atomic E-state index is 13.0. The van der Waals surface area contributed by atoms with Crippen molar-refractivity contribution in [1.29, 1.82) is 0 Å². The van der Waals surface area contributed by atoms with Gasteiger partial charge in [0.05, 0.1) is 0 Å². The van der Waals surface area contributed by atoms with E-state index >= 15 is 0 Å². The van der Waals surface area contributed by atoms with Gasteiger partial charge in [-0.15, -0.1) is 0 Å². The van der Waals surface area contributed by atoms with Gasteiger partial charge in [0.15, 0.2) is 5.60 Å². The second kappa shape index (κ2) is 7.72.